The zero-order valence-corrected chi connectivity index (χ0v) is 14.2. The molecule has 1 aliphatic rings. The van der Waals surface area contributed by atoms with E-state index in [1.54, 1.807) is 0 Å². The van der Waals surface area contributed by atoms with Crippen molar-refractivity contribution in [2.24, 2.45) is 5.73 Å². The maximum Gasteiger partial charge on any atom is 0.183 e. The smallest absolute Gasteiger partial charge is 0.183 e. The molecule has 0 radical (unpaired) electrons. The van der Waals surface area contributed by atoms with Gasteiger partial charge in [-0.15, -0.1) is 0 Å². The van der Waals surface area contributed by atoms with Crippen LogP contribution in [0.2, 0.25) is 0 Å². The fraction of sp³-hybridized carbons (Fsp3) is 0.333. The van der Waals surface area contributed by atoms with Crippen molar-refractivity contribution < 1.29 is 4.42 Å². The summed E-state index contributed by atoms with van der Waals surface area (Å²) in [5.74, 6) is 0.908. The number of fused-ring (bicyclic) bond motifs is 1. The van der Waals surface area contributed by atoms with E-state index in [0.717, 1.165) is 34.4 Å². The van der Waals surface area contributed by atoms with Crippen LogP contribution in [0.25, 0.3) is 0 Å². The van der Waals surface area contributed by atoms with E-state index in [1.165, 1.54) is 11.1 Å². The van der Waals surface area contributed by atoms with Gasteiger partial charge in [-0.3, -0.25) is 4.90 Å². The van der Waals surface area contributed by atoms with Gasteiger partial charge in [-0.05, 0) is 55.5 Å². The molecule has 1 aromatic carbocycles. The van der Waals surface area contributed by atoms with Crippen molar-refractivity contribution in [3.8, 4) is 0 Å². The summed E-state index contributed by atoms with van der Waals surface area (Å²) < 4.78 is 7.42. The molecule has 0 amide bonds. The summed E-state index contributed by atoms with van der Waals surface area (Å²) in [5.41, 5.74) is 8.82. The van der Waals surface area contributed by atoms with Crippen LogP contribution in [0, 0.1) is 0 Å². The maximum atomic E-state index is 5.98. The molecule has 106 valence electrons. The Labute approximate surface area is 135 Å². The van der Waals surface area contributed by atoms with Crippen molar-refractivity contribution >= 4 is 31.9 Å². The molecule has 2 N–H and O–H groups in total. The monoisotopic (exact) mass is 398 g/mol. The molecular formula is C15H16Br2N2O. The second kappa shape index (κ2) is 6.02. The van der Waals surface area contributed by atoms with Crippen LogP contribution >= 0.6 is 31.9 Å². The molecule has 2 aromatic rings. The number of nitrogens with zero attached hydrogens (tertiary/aromatic N) is 1. The van der Waals surface area contributed by atoms with Gasteiger partial charge in [-0.2, -0.15) is 0 Å². The minimum absolute atomic E-state index is 0.117. The van der Waals surface area contributed by atoms with E-state index in [1.807, 2.05) is 6.07 Å². The number of hydrogen-bond donors (Lipinski definition) is 1. The minimum atomic E-state index is 0.117. The first-order valence-electron chi connectivity index (χ1n) is 6.64. The average Bonchev–Trinajstić information content (AvgIpc) is 2.79. The van der Waals surface area contributed by atoms with Crippen molar-refractivity contribution in [1.29, 1.82) is 0 Å². The lowest BCUT2D eigenvalue weighted by Crippen LogP contribution is -2.37. The first kappa shape index (κ1) is 14.3. The lowest BCUT2D eigenvalue weighted by molar-refractivity contribution is 0.162. The molecule has 3 rings (SSSR count). The highest BCUT2D eigenvalue weighted by Gasteiger charge is 2.26. The molecule has 0 saturated carbocycles. The van der Waals surface area contributed by atoms with E-state index in [2.05, 4.69) is 61.0 Å². The number of rotatable bonds is 3. The second-order valence-corrected chi connectivity index (χ2v) is 6.59. The quantitative estimate of drug-likeness (QED) is 0.851. The Morgan fingerprint density at radius 2 is 2.00 bits per heavy atom. The van der Waals surface area contributed by atoms with Gasteiger partial charge in [0.2, 0.25) is 0 Å². The molecule has 20 heavy (non-hydrogen) atoms. The van der Waals surface area contributed by atoms with E-state index in [-0.39, 0.29) is 6.04 Å². The fourth-order valence-corrected chi connectivity index (χ4v) is 3.36. The van der Waals surface area contributed by atoms with Gasteiger partial charge in [0.15, 0.2) is 4.67 Å². The van der Waals surface area contributed by atoms with Gasteiger partial charge in [0.25, 0.3) is 0 Å². The third kappa shape index (κ3) is 2.72. The van der Waals surface area contributed by atoms with Gasteiger partial charge < -0.3 is 10.2 Å². The molecule has 3 nitrogen and oxygen atoms in total. The molecule has 0 saturated heterocycles. The van der Waals surface area contributed by atoms with Crippen molar-refractivity contribution in [1.82, 2.24) is 4.90 Å². The van der Waals surface area contributed by atoms with E-state index in [4.69, 9.17) is 10.2 Å². The Morgan fingerprint density at radius 3 is 2.65 bits per heavy atom. The SMILES string of the molecule is NCC(c1cc(Br)c(Br)o1)N1CCc2ccccc2C1. The highest BCUT2D eigenvalue weighted by atomic mass is 79.9. The molecule has 1 unspecified atom stereocenters. The van der Waals surface area contributed by atoms with E-state index < -0.39 is 0 Å². The third-order valence-electron chi connectivity index (χ3n) is 3.82. The van der Waals surface area contributed by atoms with Crippen LogP contribution in [0.4, 0.5) is 0 Å². The standard InChI is InChI=1S/C15H16Br2N2O/c16-12-7-14(20-15(12)17)13(8-18)19-6-5-10-3-1-2-4-11(10)9-19/h1-4,7,13H,5-6,8-9,18H2. The highest BCUT2D eigenvalue weighted by Crippen LogP contribution is 2.33. The number of furan rings is 1. The molecule has 0 aliphatic carbocycles. The Bertz CT molecular complexity index is 592. The van der Waals surface area contributed by atoms with Gasteiger partial charge >= 0.3 is 0 Å². The summed E-state index contributed by atoms with van der Waals surface area (Å²) in [4.78, 5) is 2.39. The summed E-state index contributed by atoms with van der Waals surface area (Å²) in [6, 6.07) is 10.7. The van der Waals surface area contributed by atoms with E-state index >= 15 is 0 Å². The van der Waals surface area contributed by atoms with Crippen LogP contribution in [0.3, 0.4) is 0 Å². The normalized spacial score (nSPS) is 16.9. The second-order valence-electron chi connectivity index (χ2n) is 5.01. The zero-order valence-electron chi connectivity index (χ0n) is 11.0. The lowest BCUT2D eigenvalue weighted by atomic mass is 9.98. The molecule has 1 aromatic heterocycles. The van der Waals surface area contributed by atoms with Crippen molar-refractivity contribution in [3.05, 3.63) is 56.4 Å². The molecule has 0 spiro atoms. The summed E-state index contributed by atoms with van der Waals surface area (Å²) >= 11 is 6.85. The highest BCUT2D eigenvalue weighted by molar-refractivity contribution is 9.13. The summed E-state index contributed by atoms with van der Waals surface area (Å²) in [6.07, 6.45) is 1.07. The number of benzene rings is 1. The predicted octanol–water partition coefficient (Wildman–Crippen LogP) is 3.86. The average molecular weight is 400 g/mol. The van der Waals surface area contributed by atoms with Gasteiger partial charge in [0.1, 0.15) is 5.76 Å². The molecule has 0 bridgehead atoms. The van der Waals surface area contributed by atoms with Gasteiger partial charge in [0.05, 0.1) is 10.5 Å². The molecule has 1 aliphatic heterocycles. The van der Waals surface area contributed by atoms with Crippen LogP contribution in [0.5, 0.6) is 0 Å². The molecule has 1 atom stereocenters. The summed E-state index contributed by atoms with van der Waals surface area (Å²) in [7, 11) is 0. The van der Waals surface area contributed by atoms with Crippen LogP contribution in [0.1, 0.15) is 22.9 Å². The van der Waals surface area contributed by atoms with Crippen molar-refractivity contribution in [2.75, 3.05) is 13.1 Å². The topological polar surface area (TPSA) is 42.4 Å². The predicted molar refractivity (Wildman–Crippen MR) is 86.5 cm³/mol. The maximum absolute atomic E-state index is 5.98. The fourth-order valence-electron chi connectivity index (χ4n) is 2.76. The van der Waals surface area contributed by atoms with E-state index in [0.29, 0.717) is 6.54 Å². The molecule has 2 heterocycles. The van der Waals surface area contributed by atoms with Gasteiger partial charge in [-0.1, -0.05) is 24.3 Å². The molecular weight excluding hydrogens is 384 g/mol. The number of hydrogen-bond acceptors (Lipinski definition) is 3. The van der Waals surface area contributed by atoms with Gasteiger partial charge in [0, 0.05) is 19.6 Å². The Kier molecular flexibility index (Phi) is 4.31. The molecule has 0 fully saturated rings. The largest absolute Gasteiger partial charge is 0.451 e. The summed E-state index contributed by atoms with van der Waals surface area (Å²) in [5, 5.41) is 0. The number of halogens is 2. The minimum Gasteiger partial charge on any atom is -0.451 e. The van der Waals surface area contributed by atoms with Gasteiger partial charge in [-0.25, -0.2) is 0 Å². The number of nitrogens with two attached hydrogens (primary N) is 1. The van der Waals surface area contributed by atoms with Crippen molar-refractivity contribution in [2.45, 2.75) is 19.0 Å². The first-order valence-corrected chi connectivity index (χ1v) is 8.23. The summed E-state index contributed by atoms with van der Waals surface area (Å²) in [6.45, 7) is 2.48. The third-order valence-corrected chi connectivity index (χ3v) is 5.53. The Balaban J connectivity index is 1.85. The van der Waals surface area contributed by atoms with Crippen molar-refractivity contribution in [3.63, 3.8) is 0 Å². The van der Waals surface area contributed by atoms with E-state index in [9.17, 15) is 0 Å². The lowest BCUT2D eigenvalue weighted by Gasteiger charge is -2.33. The van der Waals surface area contributed by atoms with Crippen LogP contribution in [-0.2, 0) is 13.0 Å². The Hall–Kier alpha value is -0.620. The van der Waals surface area contributed by atoms with Crippen LogP contribution in [0.15, 0.2) is 43.9 Å². The Morgan fingerprint density at radius 1 is 1.25 bits per heavy atom. The van der Waals surface area contributed by atoms with Crippen LogP contribution in [-0.4, -0.2) is 18.0 Å². The first-order chi connectivity index (χ1) is 9.69. The zero-order chi connectivity index (χ0) is 14.1. The molecule has 5 heteroatoms. The van der Waals surface area contributed by atoms with Crippen LogP contribution < -0.4 is 5.73 Å².